The Morgan fingerprint density at radius 1 is 1.06 bits per heavy atom. The fourth-order valence-electron chi connectivity index (χ4n) is 3.63. The highest BCUT2D eigenvalue weighted by molar-refractivity contribution is 6.03. The fourth-order valence-corrected chi connectivity index (χ4v) is 3.63. The first kappa shape index (κ1) is 22.3. The van der Waals surface area contributed by atoms with E-state index in [4.69, 9.17) is 14.3 Å². The average molecular weight is 448 g/mol. The molecule has 3 aromatic carbocycles. The fraction of sp³-hybridized carbons (Fsp3) is 0.231. The quantitative estimate of drug-likeness (QED) is 0.486. The Labute approximate surface area is 192 Å². The van der Waals surface area contributed by atoms with Crippen LogP contribution in [0.4, 0.5) is 4.39 Å². The molecule has 6 nitrogen and oxygen atoms in total. The first-order valence-corrected chi connectivity index (χ1v) is 10.7. The number of para-hydroxylation sites is 2. The number of rotatable bonds is 9. The van der Waals surface area contributed by atoms with Crippen LogP contribution in [0.2, 0.25) is 0 Å². The molecular weight excluding hydrogens is 423 g/mol. The summed E-state index contributed by atoms with van der Waals surface area (Å²) in [6, 6.07) is 22.9. The van der Waals surface area contributed by atoms with E-state index in [1.807, 2.05) is 42.5 Å². The summed E-state index contributed by atoms with van der Waals surface area (Å²) in [5, 5.41) is 4.24. The normalized spacial score (nSPS) is 14.8. The minimum atomic E-state index is -0.321. The van der Waals surface area contributed by atoms with Crippen LogP contribution in [0, 0.1) is 5.82 Å². The van der Waals surface area contributed by atoms with E-state index in [-0.39, 0.29) is 24.4 Å². The molecule has 0 bridgehead atoms. The first-order chi connectivity index (χ1) is 16.1. The molecule has 4 rings (SSSR count). The molecule has 1 atom stereocenters. The van der Waals surface area contributed by atoms with Crippen molar-refractivity contribution in [2.24, 2.45) is 5.16 Å². The van der Waals surface area contributed by atoms with Gasteiger partial charge in [-0.05, 0) is 42.0 Å². The first-order valence-electron chi connectivity index (χ1n) is 10.7. The van der Waals surface area contributed by atoms with E-state index in [9.17, 15) is 9.18 Å². The standard InChI is InChI=1S/C26H25FN2O4/c1-31-25-10-6-5-9-23(25)24-15-22(33-28-24)17-29(16-19-11-13-20(27)14-12-19)26(30)18-32-21-7-3-2-4-8-21/h2-14,22H,15-18H2,1H3/t22-/m1/s1. The van der Waals surface area contributed by atoms with E-state index in [1.165, 1.54) is 12.1 Å². The molecule has 1 heterocycles. The number of methoxy groups -OCH3 is 1. The van der Waals surface area contributed by atoms with Gasteiger partial charge in [-0.15, -0.1) is 0 Å². The Hall–Kier alpha value is -3.87. The smallest absolute Gasteiger partial charge is 0.260 e. The van der Waals surface area contributed by atoms with Crippen molar-refractivity contribution >= 4 is 11.6 Å². The number of carbonyl (C=O) groups excluding carboxylic acids is 1. The van der Waals surface area contributed by atoms with Gasteiger partial charge in [0.25, 0.3) is 5.91 Å². The molecule has 0 N–H and O–H groups in total. The van der Waals surface area contributed by atoms with Gasteiger partial charge in [-0.2, -0.15) is 0 Å². The molecule has 7 heteroatoms. The van der Waals surface area contributed by atoms with Crippen molar-refractivity contribution in [2.45, 2.75) is 19.1 Å². The summed E-state index contributed by atoms with van der Waals surface area (Å²) in [4.78, 5) is 20.4. The maximum Gasteiger partial charge on any atom is 0.260 e. The molecule has 1 aliphatic heterocycles. The van der Waals surface area contributed by atoms with Crippen LogP contribution in [0.1, 0.15) is 17.5 Å². The number of carbonyl (C=O) groups is 1. The summed E-state index contributed by atoms with van der Waals surface area (Å²) >= 11 is 0. The molecule has 1 amide bonds. The van der Waals surface area contributed by atoms with Crippen LogP contribution in [0.25, 0.3) is 0 Å². The van der Waals surface area contributed by atoms with E-state index in [2.05, 4.69) is 5.16 Å². The zero-order chi connectivity index (χ0) is 23.0. The number of ether oxygens (including phenoxy) is 2. The lowest BCUT2D eigenvalue weighted by atomic mass is 10.0. The van der Waals surface area contributed by atoms with Gasteiger partial charge in [-0.1, -0.05) is 47.6 Å². The van der Waals surface area contributed by atoms with Crippen molar-refractivity contribution < 1.29 is 23.5 Å². The third-order valence-corrected chi connectivity index (χ3v) is 5.32. The van der Waals surface area contributed by atoms with Crippen LogP contribution in [0.15, 0.2) is 84.0 Å². The zero-order valence-corrected chi connectivity index (χ0v) is 18.3. The lowest BCUT2D eigenvalue weighted by Gasteiger charge is -2.25. The van der Waals surface area contributed by atoms with Crippen LogP contribution in [0.3, 0.4) is 0 Å². The Morgan fingerprint density at radius 3 is 2.55 bits per heavy atom. The third kappa shape index (κ3) is 5.88. The summed E-state index contributed by atoms with van der Waals surface area (Å²) in [6.07, 6.45) is 0.221. The number of benzene rings is 3. The van der Waals surface area contributed by atoms with Gasteiger partial charge in [0, 0.05) is 18.5 Å². The lowest BCUT2D eigenvalue weighted by Crippen LogP contribution is -2.40. The highest BCUT2D eigenvalue weighted by atomic mass is 19.1. The second-order valence-corrected chi connectivity index (χ2v) is 7.67. The predicted octanol–water partition coefficient (Wildman–Crippen LogP) is 4.44. The molecule has 0 saturated carbocycles. The number of hydrogen-bond donors (Lipinski definition) is 0. The topological polar surface area (TPSA) is 60.4 Å². The van der Waals surface area contributed by atoms with Crippen LogP contribution in [-0.4, -0.2) is 42.9 Å². The monoisotopic (exact) mass is 448 g/mol. The van der Waals surface area contributed by atoms with Crippen molar-refractivity contribution in [2.75, 3.05) is 20.3 Å². The molecule has 0 saturated heterocycles. The van der Waals surface area contributed by atoms with Crippen molar-refractivity contribution in [3.63, 3.8) is 0 Å². The van der Waals surface area contributed by atoms with E-state index >= 15 is 0 Å². The third-order valence-electron chi connectivity index (χ3n) is 5.32. The van der Waals surface area contributed by atoms with Gasteiger partial charge in [0.2, 0.25) is 0 Å². The van der Waals surface area contributed by atoms with Gasteiger partial charge in [0.1, 0.15) is 17.3 Å². The van der Waals surface area contributed by atoms with Crippen LogP contribution < -0.4 is 9.47 Å². The van der Waals surface area contributed by atoms with E-state index in [0.717, 1.165) is 22.6 Å². The molecule has 3 aromatic rings. The molecule has 1 aliphatic rings. The molecule has 170 valence electrons. The number of amides is 1. The van der Waals surface area contributed by atoms with Crippen molar-refractivity contribution in [3.8, 4) is 11.5 Å². The zero-order valence-electron chi connectivity index (χ0n) is 18.3. The second kappa shape index (κ2) is 10.6. The van der Waals surface area contributed by atoms with Crippen LogP contribution in [0.5, 0.6) is 11.5 Å². The number of hydrogen-bond acceptors (Lipinski definition) is 5. The molecule has 0 fully saturated rings. The minimum absolute atomic E-state index is 0.113. The number of halogens is 1. The molecule has 0 aromatic heterocycles. The Morgan fingerprint density at radius 2 is 1.79 bits per heavy atom. The van der Waals surface area contributed by atoms with Gasteiger partial charge in [-0.25, -0.2) is 4.39 Å². The largest absolute Gasteiger partial charge is 0.496 e. The van der Waals surface area contributed by atoms with Gasteiger partial charge >= 0.3 is 0 Å². The van der Waals surface area contributed by atoms with Gasteiger partial charge in [-0.3, -0.25) is 4.79 Å². The maximum atomic E-state index is 13.3. The molecule has 0 spiro atoms. The van der Waals surface area contributed by atoms with Crippen molar-refractivity contribution in [1.82, 2.24) is 4.90 Å². The highest BCUT2D eigenvalue weighted by Gasteiger charge is 2.28. The van der Waals surface area contributed by atoms with Crippen LogP contribution in [-0.2, 0) is 16.2 Å². The molecule has 33 heavy (non-hydrogen) atoms. The number of oxime groups is 1. The molecular formula is C26H25FN2O4. The second-order valence-electron chi connectivity index (χ2n) is 7.67. The minimum Gasteiger partial charge on any atom is -0.496 e. The van der Waals surface area contributed by atoms with Gasteiger partial charge < -0.3 is 19.2 Å². The Kier molecular flexibility index (Phi) is 7.19. The summed E-state index contributed by atoms with van der Waals surface area (Å²) in [7, 11) is 1.61. The summed E-state index contributed by atoms with van der Waals surface area (Å²) in [6.45, 7) is 0.510. The molecule has 0 aliphatic carbocycles. The summed E-state index contributed by atoms with van der Waals surface area (Å²) < 4.78 is 24.4. The van der Waals surface area contributed by atoms with Gasteiger partial charge in [0.15, 0.2) is 12.7 Å². The summed E-state index contributed by atoms with van der Waals surface area (Å²) in [5.74, 6) is 0.818. The lowest BCUT2D eigenvalue weighted by molar-refractivity contribution is -0.135. The SMILES string of the molecule is COc1ccccc1C1=NO[C@@H](CN(Cc2ccc(F)cc2)C(=O)COc2ccccc2)C1. The van der Waals surface area contributed by atoms with E-state index in [1.54, 1.807) is 36.3 Å². The average Bonchev–Trinajstić information content (AvgIpc) is 3.32. The Balaban J connectivity index is 1.44. The highest BCUT2D eigenvalue weighted by Crippen LogP contribution is 2.25. The number of nitrogens with zero attached hydrogens (tertiary/aromatic N) is 2. The van der Waals surface area contributed by atoms with Crippen LogP contribution >= 0.6 is 0 Å². The van der Waals surface area contributed by atoms with Crippen molar-refractivity contribution in [3.05, 3.63) is 95.8 Å². The van der Waals surface area contributed by atoms with Crippen molar-refractivity contribution in [1.29, 1.82) is 0 Å². The molecule has 0 unspecified atom stereocenters. The maximum absolute atomic E-state index is 13.3. The summed E-state index contributed by atoms with van der Waals surface area (Å²) in [5.41, 5.74) is 2.45. The molecule has 0 radical (unpaired) electrons. The van der Waals surface area contributed by atoms with E-state index < -0.39 is 0 Å². The van der Waals surface area contributed by atoms with E-state index in [0.29, 0.717) is 25.3 Å². The Bertz CT molecular complexity index is 1100. The van der Waals surface area contributed by atoms with Gasteiger partial charge in [0.05, 0.1) is 19.4 Å². The predicted molar refractivity (Wildman–Crippen MR) is 123 cm³/mol.